The molecule has 0 aromatic carbocycles. The van der Waals surface area contributed by atoms with Gasteiger partial charge in [0.05, 0.1) is 5.21 Å². The van der Waals surface area contributed by atoms with Crippen molar-refractivity contribution in [3.63, 3.8) is 0 Å². The van der Waals surface area contributed by atoms with Crippen molar-refractivity contribution in [1.29, 1.82) is 0 Å². The molecule has 0 rings (SSSR count). The highest BCUT2D eigenvalue weighted by Gasteiger charge is 1.96. The molecule has 0 saturated carbocycles. The van der Waals surface area contributed by atoms with Gasteiger partial charge < -0.3 is 4.90 Å². The van der Waals surface area contributed by atoms with Crippen molar-refractivity contribution in [2.24, 2.45) is 0 Å². The molecule has 10 heavy (non-hydrogen) atoms. The van der Waals surface area contributed by atoms with E-state index in [4.69, 9.17) is 11.6 Å². The van der Waals surface area contributed by atoms with Crippen molar-refractivity contribution in [1.82, 2.24) is 4.90 Å². The van der Waals surface area contributed by atoms with E-state index in [0.29, 0.717) is 0 Å². The Balaban J connectivity index is 3.09. The maximum Gasteiger partial charge on any atom is 0.0680 e. The number of halogens is 1. The molecule has 0 fully saturated rings. The predicted molar refractivity (Wildman–Crippen MR) is 51.0 cm³/mol. The summed E-state index contributed by atoms with van der Waals surface area (Å²) in [7, 11) is 0. The molecule has 0 atom stereocenters. The Morgan fingerprint density at radius 3 is 2.30 bits per heavy atom. The Morgan fingerprint density at radius 2 is 1.90 bits per heavy atom. The van der Waals surface area contributed by atoms with Crippen LogP contribution in [-0.4, -0.2) is 35.5 Å². The quantitative estimate of drug-likeness (QED) is 0.457. The molecule has 0 spiro atoms. The fraction of sp³-hybridized carbons (Fsp3) is 1.00. The van der Waals surface area contributed by atoms with Crippen LogP contribution in [-0.2, 0) is 0 Å². The van der Waals surface area contributed by atoms with Crippen LogP contribution in [0.15, 0.2) is 0 Å². The minimum atomic E-state index is 0.723. The molecule has 0 aromatic rings. The Morgan fingerprint density at radius 1 is 1.30 bits per heavy atom. The van der Waals surface area contributed by atoms with E-state index in [1.54, 1.807) is 11.8 Å². The molecular weight excluding hydrogens is 166 g/mol. The predicted octanol–water partition coefficient (Wildman–Crippen LogP) is 2.26. The molecule has 3 heteroatoms. The molecule has 0 bridgehead atoms. The van der Waals surface area contributed by atoms with Crippen molar-refractivity contribution in [3.05, 3.63) is 0 Å². The minimum Gasteiger partial charge on any atom is -0.303 e. The molecule has 0 aliphatic carbocycles. The van der Waals surface area contributed by atoms with Crippen molar-refractivity contribution < 1.29 is 0 Å². The van der Waals surface area contributed by atoms with Gasteiger partial charge in [0.15, 0.2) is 0 Å². The Hall–Kier alpha value is 0.600. The monoisotopic (exact) mass is 181 g/mol. The third-order valence-corrected chi connectivity index (χ3v) is 2.61. The summed E-state index contributed by atoms with van der Waals surface area (Å²) in [6.45, 7) is 7.85. The highest BCUT2D eigenvalue weighted by Crippen LogP contribution is 2.02. The fourth-order valence-electron chi connectivity index (χ4n) is 0.788. The summed E-state index contributed by atoms with van der Waals surface area (Å²) in [4.78, 5) is 2.40. The number of hydrogen-bond acceptors (Lipinski definition) is 2. The zero-order chi connectivity index (χ0) is 7.82. The molecule has 0 aliphatic rings. The normalized spacial score (nSPS) is 10.8. The minimum absolute atomic E-state index is 0.723. The second-order valence-electron chi connectivity index (χ2n) is 2.04. The van der Waals surface area contributed by atoms with Crippen LogP contribution in [0, 0.1) is 0 Å². The second-order valence-corrected chi connectivity index (χ2v) is 3.73. The van der Waals surface area contributed by atoms with Crippen LogP contribution in [0.25, 0.3) is 0 Å². The first kappa shape index (κ1) is 10.6. The maximum atomic E-state index is 5.52. The molecule has 0 unspecified atom stereocenters. The second kappa shape index (κ2) is 7.70. The van der Waals surface area contributed by atoms with Crippen LogP contribution in [0.5, 0.6) is 0 Å². The first-order valence-corrected chi connectivity index (χ1v) is 5.40. The zero-order valence-corrected chi connectivity index (χ0v) is 8.34. The SMILES string of the molecule is CCN(CC)CCSCCl. The number of rotatable bonds is 6. The molecule has 0 radical (unpaired) electrons. The van der Waals surface area contributed by atoms with Crippen LogP contribution >= 0.6 is 23.4 Å². The van der Waals surface area contributed by atoms with Gasteiger partial charge in [-0.3, -0.25) is 0 Å². The summed E-state index contributed by atoms with van der Waals surface area (Å²) in [5.41, 5.74) is 0. The third kappa shape index (κ3) is 5.39. The van der Waals surface area contributed by atoms with Gasteiger partial charge in [0.25, 0.3) is 0 Å². The average molecular weight is 182 g/mol. The van der Waals surface area contributed by atoms with Gasteiger partial charge in [0, 0.05) is 12.3 Å². The van der Waals surface area contributed by atoms with Crippen LogP contribution in [0.1, 0.15) is 13.8 Å². The van der Waals surface area contributed by atoms with Gasteiger partial charge in [-0.1, -0.05) is 13.8 Å². The number of nitrogens with zero attached hydrogens (tertiary/aromatic N) is 1. The lowest BCUT2D eigenvalue weighted by Gasteiger charge is -2.16. The topological polar surface area (TPSA) is 3.24 Å². The summed E-state index contributed by atoms with van der Waals surface area (Å²) in [5.74, 6) is 1.16. The van der Waals surface area contributed by atoms with Gasteiger partial charge in [-0.15, -0.1) is 23.4 Å². The number of hydrogen-bond donors (Lipinski definition) is 0. The molecule has 0 aromatic heterocycles. The molecule has 0 amide bonds. The molecule has 62 valence electrons. The van der Waals surface area contributed by atoms with E-state index in [1.165, 1.54) is 6.54 Å². The smallest absolute Gasteiger partial charge is 0.0680 e. The van der Waals surface area contributed by atoms with Gasteiger partial charge >= 0.3 is 0 Å². The van der Waals surface area contributed by atoms with E-state index >= 15 is 0 Å². The average Bonchev–Trinajstić information content (AvgIpc) is 1.99. The largest absolute Gasteiger partial charge is 0.303 e. The highest BCUT2D eigenvalue weighted by atomic mass is 35.5. The summed E-state index contributed by atoms with van der Waals surface area (Å²) >= 11 is 7.31. The third-order valence-electron chi connectivity index (χ3n) is 1.52. The Kier molecular flexibility index (Phi) is 8.17. The van der Waals surface area contributed by atoms with Crippen molar-refractivity contribution in [3.8, 4) is 0 Å². The van der Waals surface area contributed by atoms with Crippen LogP contribution in [0.4, 0.5) is 0 Å². The standard InChI is InChI=1S/C7H16ClNS/c1-3-9(4-2)5-6-10-7-8/h3-7H2,1-2H3. The summed E-state index contributed by atoms with van der Waals surface area (Å²) in [6.07, 6.45) is 0. The highest BCUT2D eigenvalue weighted by molar-refractivity contribution is 8.00. The molecule has 0 aliphatic heterocycles. The van der Waals surface area contributed by atoms with E-state index in [9.17, 15) is 0 Å². The summed E-state index contributed by atoms with van der Waals surface area (Å²) < 4.78 is 0. The summed E-state index contributed by atoms with van der Waals surface area (Å²) in [6, 6.07) is 0. The first-order chi connectivity index (χ1) is 4.85. The van der Waals surface area contributed by atoms with E-state index in [2.05, 4.69) is 18.7 Å². The van der Waals surface area contributed by atoms with Gasteiger partial charge in [0.2, 0.25) is 0 Å². The maximum absolute atomic E-state index is 5.52. The van der Waals surface area contributed by atoms with Crippen molar-refractivity contribution >= 4 is 23.4 Å². The van der Waals surface area contributed by atoms with Gasteiger partial charge in [0.1, 0.15) is 0 Å². The lowest BCUT2D eigenvalue weighted by Crippen LogP contribution is -2.25. The lowest BCUT2D eigenvalue weighted by atomic mass is 10.5. The molecule has 0 N–H and O–H groups in total. The van der Waals surface area contributed by atoms with E-state index in [1.807, 2.05) is 0 Å². The van der Waals surface area contributed by atoms with Gasteiger partial charge in [-0.25, -0.2) is 0 Å². The molecule has 0 heterocycles. The van der Waals surface area contributed by atoms with E-state index in [-0.39, 0.29) is 0 Å². The Labute approximate surface area is 73.1 Å². The van der Waals surface area contributed by atoms with Crippen LogP contribution in [0.2, 0.25) is 0 Å². The lowest BCUT2D eigenvalue weighted by molar-refractivity contribution is 0.324. The number of alkyl halides is 1. The molecule has 0 saturated heterocycles. The van der Waals surface area contributed by atoms with E-state index < -0.39 is 0 Å². The van der Waals surface area contributed by atoms with Crippen LogP contribution < -0.4 is 0 Å². The number of thioether (sulfide) groups is 1. The van der Waals surface area contributed by atoms with Crippen molar-refractivity contribution in [2.45, 2.75) is 13.8 Å². The first-order valence-electron chi connectivity index (χ1n) is 3.71. The fourth-order valence-corrected chi connectivity index (χ4v) is 1.61. The van der Waals surface area contributed by atoms with Gasteiger partial charge in [-0.05, 0) is 13.1 Å². The summed E-state index contributed by atoms with van der Waals surface area (Å²) in [5, 5.41) is 0.723. The van der Waals surface area contributed by atoms with Crippen LogP contribution in [0.3, 0.4) is 0 Å². The molecular formula is C7H16ClNS. The molecule has 1 nitrogen and oxygen atoms in total. The Bertz CT molecular complexity index is 66.6. The van der Waals surface area contributed by atoms with Crippen molar-refractivity contribution in [2.75, 3.05) is 30.6 Å². The van der Waals surface area contributed by atoms with Gasteiger partial charge in [-0.2, -0.15) is 0 Å². The van der Waals surface area contributed by atoms with E-state index in [0.717, 1.165) is 24.1 Å². The zero-order valence-electron chi connectivity index (χ0n) is 6.77.